The Kier molecular flexibility index (Phi) is 8.27. The normalized spacial score (nSPS) is 17.4. The van der Waals surface area contributed by atoms with Crippen LogP contribution in [0, 0.1) is 0 Å². The summed E-state index contributed by atoms with van der Waals surface area (Å²) in [6, 6.07) is 24.8. The summed E-state index contributed by atoms with van der Waals surface area (Å²) in [5, 5.41) is 0.235. The zero-order valence-corrected chi connectivity index (χ0v) is 22.5. The fraction of sp³-hybridized carbons (Fsp3) is 0.233. The van der Waals surface area contributed by atoms with Crippen LogP contribution in [0.3, 0.4) is 0 Å². The van der Waals surface area contributed by atoms with E-state index in [4.69, 9.17) is 11.6 Å². The Morgan fingerprint density at radius 2 is 1.61 bits per heavy atom. The molecule has 0 saturated carbocycles. The molecule has 5 rings (SSSR count). The Morgan fingerprint density at radius 3 is 2.37 bits per heavy atom. The smallest absolute Gasteiger partial charge is 0.293 e. The minimum atomic E-state index is -0.344. The molecule has 8 heteroatoms. The Morgan fingerprint density at radius 1 is 0.868 bits per heavy atom. The lowest BCUT2D eigenvalue weighted by Gasteiger charge is -2.34. The van der Waals surface area contributed by atoms with Crippen molar-refractivity contribution in [3.05, 3.63) is 111 Å². The van der Waals surface area contributed by atoms with Crippen molar-refractivity contribution in [1.29, 1.82) is 0 Å². The van der Waals surface area contributed by atoms with E-state index < -0.39 is 0 Å². The number of hydrogen-bond donors (Lipinski definition) is 0. The van der Waals surface area contributed by atoms with Crippen LogP contribution in [0.15, 0.2) is 83.8 Å². The highest BCUT2D eigenvalue weighted by molar-refractivity contribution is 8.18. The molecule has 2 heterocycles. The van der Waals surface area contributed by atoms with Gasteiger partial charge in [0.05, 0.1) is 11.4 Å². The van der Waals surface area contributed by atoms with E-state index in [1.807, 2.05) is 29.2 Å². The first-order valence-electron chi connectivity index (χ1n) is 12.6. The van der Waals surface area contributed by atoms with Crippen LogP contribution in [0.25, 0.3) is 6.08 Å². The number of halogens is 1. The van der Waals surface area contributed by atoms with Crippen LogP contribution in [0.1, 0.15) is 27.0 Å². The molecule has 0 aliphatic carbocycles. The summed E-state index contributed by atoms with van der Waals surface area (Å²) in [6.45, 7) is 4.20. The summed E-state index contributed by atoms with van der Waals surface area (Å²) >= 11 is 6.95. The van der Waals surface area contributed by atoms with Gasteiger partial charge in [0.25, 0.3) is 17.1 Å². The molecule has 0 spiro atoms. The van der Waals surface area contributed by atoms with Crippen LogP contribution in [-0.2, 0) is 17.8 Å². The number of piperazine rings is 1. The van der Waals surface area contributed by atoms with Crippen LogP contribution in [0.5, 0.6) is 0 Å². The highest BCUT2D eigenvalue weighted by atomic mass is 35.5. The maximum atomic E-state index is 13.2. The summed E-state index contributed by atoms with van der Waals surface area (Å²) < 4.78 is 0. The molecule has 2 aliphatic rings. The zero-order valence-electron chi connectivity index (χ0n) is 20.9. The molecule has 0 atom stereocenters. The molecule has 2 aliphatic heterocycles. The highest BCUT2D eigenvalue weighted by Crippen LogP contribution is 2.33. The van der Waals surface area contributed by atoms with E-state index >= 15 is 0 Å². The van der Waals surface area contributed by atoms with Gasteiger partial charge < -0.3 is 4.90 Å². The molecule has 2 saturated heterocycles. The Labute approximate surface area is 231 Å². The van der Waals surface area contributed by atoms with Gasteiger partial charge in [-0.2, -0.15) is 0 Å². The quantitative estimate of drug-likeness (QED) is 0.363. The van der Waals surface area contributed by atoms with E-state index in [1.165, 1.54) is 10.5 Å². The van der Waals surface area contributed by atoms with Crippen molar-refractivity contribution in [3.8, 4) is 0 Å². The fourth-order valence-corrected chi connectivity index (χ4v) is 5.71. The van der Waals surface area contributed by atoms with E-state index in [1.54, 1.807) is 36.4 Å². The van der Waals surface area contributed by atoms with Gasteiger partial charge in [-0.15, -0.1) is 0 Å². The second-order valence-electron chi connectivity index (χ2n) is 9.39. The SMILES string of the molecule is O=C(c1cccc(C=C2SC(=O)N(Cc3cccc(Cl)c3)C2=O)c1)N1CCN(CCc2ccccc2)CC1. The number of benzene rings is 3. The van der Waals surface area contributed by atoms with Crippen LogP contribution in [0.2, 0.25) is 5.02 Å². The predicted octanol–water partition coefficient (Wildman–Crippen LogP) is 5.58. The van der Waals surface area contributed by atoms with Crippen molar-refractivity contribution >= 4 is 46.5 Å². The summed E-state index contributed by atoms with van der Waals surface area (Å²) in [5.41, 5.74) is 3.40. The monoisotopic (exact) mass is 545 g/mol. The number of carbonyl (C=O) groups excluding carboxylic acids is 3. The lowest BCUT2D eigenvalue weighted by atomic mass is 10.1. The average molecular weight is 546 g/mol. The second kappa shape index (κ2) is 12.0. The predicted molar refractivity (Wildman–Crippen MR) is 152 cm³/mol. The second-order valence-corrected chi connectivity index (χ2v) is 10.8. The standard InChI is InChI=1S/C30H28ClN3O3S/c31-26-11-5-9-24(19-26)21-34-29(36)27(38-30(34)37)20-23-8-4-10-25(18-23)28(35)33-16-14-32(15-17-33)13-12-22-6-2-1-3-7-22/h1-11,18-20H,12-17,21H2. The van der Waals surface area contributed by atoms with Crippen molar-refractivity contribution in [2.45, 2.75) is 13.0 Å². The molecule has 0 radical (unpaired) electrons. The van der Waals surface area contributed by atoms with Gasteiger partial charge in [-0.1, -0.05) is 66.2 Å². The minimum absolute atomic E-state index is 0.0166. The van der Waals surface area contributed by atoms with E-state index in [-0.39, 0.29) is 23.6 Å². The van der Waals surface area contributed by atoms with Gasteiger partial charge in [-0.05, 0) is 65.2 Å². The maximum Gasteiger partial charge on any atom is 0.293 e. The summed E-state index contributed by atoms with van der Waals surface area (Å²) in [5.74, 6) is -0.361. The van der Waals surface area contributed by atoms with Crippen molar-refractivity contribution in [3.63, 3.8) is 0 Å². The molecule has 3 aromatic carbocycles. The van der Waals surface area contributed by atoms with E-state index in [0.29, 0.717) is 34.1 Å². The molecule has 3 aromatic rings. The van der Waals surface area contributed by atoms with Gasteiger partial charge in [-0.25, -0.2) is 0 Å². The first-order chi connectivity index (χ1) is 18.5. The van der Waals surface area contributed by atoms with Gasteiger partial charge in [0, 0.05) is 43.3 Å². The molecular formula is C30H28ClN3O3S. The minimum Gasteiger partial charge on any atom is -0.336 e. The third-order valence-corrected chi connectivity index (χ3v) is 7.90. The number of thioether (sulfide) groups is 1. The topological polar surface area (TPSA) is 60.9 Å². The van der Waals surface area contributed by atoms with Gasteiger partial charge >= 0.3 is 0 Å². The molecule has 0 aromatic heterocycles. The third kappa shape index (κ3) is 6.35. The number of nitrogens with zero attached hydrogens (tertiary/aromatic N) is 3. The number of amides is 3. The Balaban J connectivity index is 1.19. The van der Waals surface area contributed by atoms with Crippen LogP contribution >= 0.6 is 23.4 Å². The van der Waals surface area contributed by atoms with Crippen LogP contribution in [-0.4, -0.2) is 64.5 Å². The van der Waals surface area contributed by atoms with Crippen LogP contribution in [0.4, 0.5) is 4.79 Å². The van der Waals surface area contributed by atoms with Gasteiger partial charge in [0.2, 0.25) is 0 Å². The Hall–Kier alpha value is -3.39. The summed E-state index contributed by atoms with van der Waals surface area (Å²) in [6.07, 6.45) is 2.68. The van der Waals surface area contributed by atoms with Gasteiger partial charge in [0.15, 0.2) is 0 Å². The Bertz CT molecular complexity index is 1370. The summed E-state index contributed by atoms with van der Waals surface area (Å²) in [7, 11) is 0. The van der Waals surface area contributed by atoms with Gasteiger partial charge in [-0.3, -0.25) is 24.2 Å². The van der Waals surface area contributed by atoms with E-state index in [0.717, 1.165) is 43.4 Å². The average Bonchev–Trinajstić information content (AvgIpc) is 3.20. The van der Waals surface area contributed by atoms with Gasteiger partial charge in [0.1, 0.15) is 0 Å². The maximum absolute atomic E-state index is 13.2. The third-order valence-electron chi connectivity index (χ3n) is 6.75. The van der Waals surface area contributed by atoms with Crippen molar-refractivity contribution in [2.75, 3.05) is 32.7 Å². The molecule has 194 valence electrons. The number of imide groups is 1. The number of carbonyl (C=O) groups is 3. The molecule has 0 N–H and O–H groups in total. The first-order valence-corrected chi connectivity index (χ1v) is 13.8. The first kappa shape index (κ1) is 26.2. The molecular weight excluding hydrogens is 518 g/mol. The number of rotatable bonds is 7. The van der Waals surface area contributed by atoms with Crippen molar-refractivity contribution in [1.82, 2.24) is 14.7 Å². The molecule has 0 unspecified atom stereocenters. The van der Waals surface area contributed by atoms with E-state index in [9.17, 15) is 14.4 Å². The molecule has 6 nitrogen and oxygen atoms in total. The summed E-state index contributed by atoms with van der Waals surface area (Å²) in [4.78, 5) is 44.5. The molecule has 3 amide bonds. The zero-order chi connectivity index (χ0) is 26.5. The molecule has 38 heavy (non-hydrogen) atoms. The van der Waals surface area contributed by atoms with Crippen molar-refractivity contribution in [2.24, 2.45) is 0 Å². The highest BCUT2D eigenvalue weighted by Gasteiger charge is 2.35. The van der Waals surface area contributed by atoms with Crippen molar-refractivity contribution < 1.29 is 14.4 Å². The van der Waals surface area contributed by atoms with Crippen LogP contribution < -0.4 is 0 Å². The molecule has 0 bridgehead atoms. The fourth-order valence-electron chi connectivity index (χ4n) is 4.66. The lowest BCUT2D eigenvalue weighted by Crippen LogP contribution is -2.49. The largest absolute Gasteiger partial charge is 0.336 e. The van der Waals surface area contributed by atoms with E-state index in [2.05, 4.69) is 29.2 Å². The molecule has 2 fully saturated rings. The lowest BCUT2D eigenvalue weighted by molar-refractivity contribution is -0.123. The number of hydrogen-bond acceptors (Lipinski definition) is 5.